The number of nitrogens with one attached hydrogen (secondary N) is 1. The van der Waals surface area contributed by atoms with Gasteiger partial charge in [0.05, 0.1) is 7.11 Å². The fourth-order valence-corrected chi connectivity index (χ4v) is 2.97. The van der Waals surface area contributed by atoms with E-state index in [1.165, 1.54) is 24.1 Å². The molecule has 3 heteroatoms. The Morgan fingerprint density at radius 3 is 2.78 bits per heavy atom. The Hall–Kier alpha value is -0.890. The summed E-state index contributed by atoms with van der Waals surface area (Å²) in [4.78, 5) is 0. The van der Waals surface area contributed by atoms with Gasteiger partial charge in [-0.15, -0.1) is 11.6 Å². The molecule has 18 heavy (non-hydrogen) atoms. The van der Waals surface area contributed by atoms with Crippen LogP contribution in [0.1, 0.15) is 31.7 Å². The third-order valence-electron chi connectivity index (χ3n) is 3.97. The second-order valence-corrected chi connectivity index (χ2v) is 5.80. The fourth-order valence-electron chi connectivity index (χ4n) is 2.64. The molecule has 0 aliphatic heterocycles. The molecule has 0 spiro atoms. The molecule has 0 amide bonds. The van der Waals surface area contributed by atoms with Gasteiger partial charge in [-0.1, -0.05) is 6.92 Å². The summed E-state index contributed by atoms with van der Waals surface area (Å²) in [5.41, 5.74) is 2.41. The average molecular weight is 268 g/mol. The van der Waals surface area contributed by atoms with Crippen LogP contribution < -0.4 is 10.1 Å². The number of benzene rings is 1. The van der Waals surface area contributed by atoms with Crippen LogP contribution in [0.3, 0.4) is 0 Å². The maximum atomic E-state index is 6.36. The fraction of sp³-hybridized carbons (Fsp3) is 0.600. The first-order valence-electron chi connectivity index (χ1n) is 6.67. The largest absolute Gasteiger partial charge is 0.497 e. The van der Waals surface area contributed by atoms with Gasteiger partial charge in [0, 0.05) is 17.1 Å². The van der Waals surface area contributed by atoms with E-state index >= 15 is 0 Å². The van der Waals surface area contributed by atoms with E-state index in [4.69, 9.17) is 16.3 Å². The number of hydrogen-bond acceptors (Lipinski definition) is 2. The molecule has 1 N–H and O–H groups in total. The van der Waals surface area contributed by atoms with E-state index in [0.717, 1.165) is 12.2 Å². The van der Waals surface area contributed by atoms with E-state index in [0.29, 0.717) is 17.3 Å². The van der Waals surface area contributed by atoms with Crippen molar-refractivity contribution < 1.29 is 4.74 Å². The van der Waals surface area contributed by atoms with Crippen molar-refractivity contribution in [2.24, 2.45) is 5.92 Å². The molecule has 1 aliphatic rings. The van der Waals surface area contributed by atoms with Gasteiger partial charge >= 0.3 is 0 Å². The van der Waals surface area contributed by atoms with Crippen LogP contribution in [0.15, 0.2) is 18.2 Å². The number of hydrogen-bond donors (Lipinski definition) is 1. The summed E-state index contributed by atoms with van der Waals surface area (Å²) in [5, 5.41) is 3.94. The zero-order valence-corrected chi connectivity index (χ0v) is 12.1. The minimum atomic E-state index is 0.301. The van der Waals surface area contributed by atoms with Gasteiger partial charge in [-0.05, 0) is 55.9 Å². The van der Waals surface area contributed by atoms with Crippen molar-refractivity contribution in [2.75, 3.05) is 12.4 Å². The molecule has 0 bridgehead atoms. The maximum Gasteiger partial charge on any atom is 0.119 e. The molecule has 1 aromatic carbocycles. The highest BCUT2D eigenvalue weighted by Crippen LogP contribution is 2.32. The Kier molecular flexibility index (Phi) is 4.39. The molecule has 0 saturated heterocycles. The average Bonchev–Trinajstić information content (AvgIpc) is 2.37. The van der Waals surface area contributed by atoms with Crippen molar-refractivity contribution in [1.82, 2.24) is 0 Å². The third-order valence-corrected chi connectivity index (χ3v) is 4.59. The van der Waals surface area contributed by atoms with E-state index in [2.05, 4.69) is 31.3 Å². The molecule has 0 aromatic heterocycles. The van der Waals surface area contributed by atoms with Crippen LogP contribution in [0.2, 0.25) is 0 Å². The molecule has 0 heterocycles. The first kappa shape index (κ1) is 13.5. The number of alkyl halides is 1. The minimum absolute atomic E-state index is 0.301. The summed E-state index contributed by atoms with van der Waals surface area (Å²) in [6.45, 7) is 4.35. The number of rotatable bonds is 3. The quantitative estimate of drug-likeness (QED) is 0.829. The topological polar surface area (TPSA) is 21.3 Å². The number of methoxy groups -OCH3 is 1. The third kappa shape index (κ3) is 2.92. The van der Waals surface area contributed by atoms with E-state index in [1.54, 1.807) is 7.11 Å². The molecule has 3 atom stereocenters. The lowest BCUT2D eigenvalue weighted by atomic mass is 9.85. The van der Waals surface area contributed by atoms with E-state index in [1.807, 2.05) is 6.07 Å². The van der Waals surface area contributed by atoms with Crippen LogP contribution in [0, 0.1) is 12.8 Å². The predicted octanol–water partition coefficient (Wildman–Crippen LogP) is 4.21. The van der Waals surface area contributed by atoms with Crippen molar-refractivity contribution in [3.05, 3.63) is 23.8 Å². The Morgan fingerprint density at radius 2 is 2.11 bits per heavy atom. The summed E-state index contributed by atoms with van der Waals surface area (Å²) in [6, 6.07) is 6.64. The lowest BCUT2D eigenvalue weighted by Gasteiger charge is -2.34. The van der Waals surface area contributed by atoms with Crippen LogP contribution in [0.4, 0.5) is 5.69 Å². The van der Waals surface area contributed by atoms with Gasteiger partial charge in [-0.2, -0.15) is 0 Å². The maximum absolute atomic E-state index is 6.36. The monoisotopic (exact) mass is 267 g/mol. The zero-order chi connectivity index (χ0) is 13.1. The Labute approximate surface area is 115 Å². The summed E-state index contributed by atoms with van der Waals surface area (Å²) < 4.78 is 5.23. The molecule has 2 rings (SSSR count). The molecule has 100 valence electrons. The Bertz CT molecular complexity index is 407. The second-order valence-electron chi connectivity index (χ2n) is 5.24. The molecule has 0 unspecified atom stereocenters. The van der Waals surface area contributed by atoms with Crippen molar-refractivity contribution >= 4 is 17.3 Å². The van der Waals surface area contributed by atoms with Crippen molar-refractivity contribution in [3.63, 3.8) is 0 Å². The highest BCUT2D eigenvalue weighted by molar-refractivity contribution is 6.20. The first-order chi connectivity index (χ1) is 8.61. The van der Waals surface area contributed by atoms with Gasteiger partial charge in [0.25, 0.3) is 0 Å². The Morgan fingerprint density at radius 1 is 1.33 bits per heavy atom. The molecule has 1 aromatic rings. The zero-order valence-electron chi connectivity index (χ0n) is 11.4. The summed E-state index contributed by atoms with van der Waals surface area (Å²) in [7, 11) is 1.70. The lowest BCUT2D eigenvalue weighted by Crippen LogP contribution is -2.36. The molecule has 1 saturated carbocycles. The van der Waals surface area contributed by atoms with Crippen LogP contribution in [0.25, 0.3) is 0 Å². The van der Waals surface area contributed by atoms with Gasteiger partial charge in [-0.25, -0.2) is 0 Å². The van der Waals surface area contributed by atoms with Crippen molar-refractivity contribution in [3.8, 4) is 5.75 Å². The number of ether oxygens (including phenoxy) is 1. The van der Waals surface area contributed by atoms with Gasteiger partial charge in [0.15, 0.2) is 0 Å². The van der Waals surface area contributed by atoms with Crippen molar-refractivity contribution in [1.29, 1.82) is 0 Å². The van der Waals surface area contributed by atoms with E-state index in [9.17, 15) is 0 Å². The Balaban J connectivity index is 2.09. The first-order valence-corrected chi connectivity index (χ1v) is 7.10. The number of aryl methyl sites for hydroxylation is 1. The molecule has 1 fully saturated rings. The minimum Gasteiger partial charge on any atom is -0.497 e. The number of anilines is 1. The van der Waals surface area contributed by atoms with Gasteiger partial charge < -0.3 is 10.1 Å². The molecule has 0 radical (unpaired) electrons. The van der Waals surface area contributed by atoms with E-state index < -0.39 is 0 Å². The van der Waals surface area contributed by atoms with E-state index in [-0.39, 0.29) is 0 Å². The highest BCUT2D eigenvalue weighted by Gasteiger charge is 2.28. The molecule has 2 nitrogen and oxygen atoms in total. The normalized spacial score (nSPS) is 27.9. The van der Waals surface area contributed by atoms with Crippen LogP contribution in [-0.2, 0) is 0 Å². The summed E-state index contributed by atoms with van der Waals surface area (Å²) in [5.74, 6) is 1.42. The molecular formula is C15H22ClNO. The lowest BCUT2D eigenvalue weighted by molar-refractivity contribution is 0.356. The van der Waals surface area contributed by atoms with Crippen LogP contribution in [-0.4, -0.2) is 18.5 Å². The van der Waals surface area contributed by atoms with Gasteiger partial charge in [0.1, 0.15) is 5.75 Å². The van der Waals surface area contributed by atoms with Crippen molar-refractivity contribution in [2.45, 2.75) is 44.5 Å². The molecule has 1 aliphatic carbocycles. The van der Waals surface area contributed by atoms with Crippen LogP contribution >= 0.6 is 11.6 Å². The smallest absolute Gasteiger partial charge is 0.119 e. The summed E-state index contributed by atoms with van der Waals surface area (Å²) in [6.07, 6.45) is 3.56. The predicted molar refractivity (Wildman–Crippen MR) is 77.8 cm³/mol. The standard InChI is InChI=1S/C15H22ClNO/c1-10-9-12(18-3)7-8-14(10)17-15-6-4-5-13(16)11(15)2/h7-9,11,13,15,17H,4-6H2,1-3H3/t11-,13-,15+/m0/s1. The number of halogens is 1. The van der Waals surface area contributed by atoms with Crippen LogP contribution in [0.5, 0.6) is 5.75 Å². The highest BCUT2D eigenvalue weighted by atomic mass is 35.5. The van der Waals surface area contributed by atoms with Gasteiger partial charge in [-0.3, -0.25) is 0 Å². The second kappa shape index (κ2) is 5.83. The summed E-state index contributed by atoms with van der Waals surface area (Å²) >= 11 is 6.36. The SMILES string of the molecule is COc1ccc(N[C@@H]2CCC[C@H](Cl)[C@@H]2C)c(C)c1. The molecular weight excluding hydrogens is 246 g/mol. The van der Waals surface area contributed by atoms with Gasteiger partial charge in [0.2, 0.25) is 0 Å².